The highest BCUT2D eigenvalue weighted by Crippen LogP contribution is 2.48. The summed E-state index contributed by atoms with van der Waals surface area (Å²) in [6.07, 6.45) is 5.56. The van der Waals surface area contributed by atoms with Crippen LogP contribution in [0.1, 0.15) is 32.1 Å². The zero-order valence-corrected chi connectivity index (χ0v) is 10.8. The summed E-state index contributed by atoms with van der Waals surface area (Å²) >= 11 is 0. The van der Waals surface area contributed by atoms with Crippen molar-refractivity contribution in [2.45, 2.75) is 38.1 Å². The molecule has 3 aliphatic rings. The van der Waals surface area contributed by atoms with E-state index in [1.807, 2.05) is 0 Å². The number of carbonyl (C=O) groups is 1. The van der Waals surface area contributed by atoms with Gasteiger partial charge in [-0.3, -0.25) is 4.79 Å². The molecule has 4 nitrogen and oxygen atoms in total. The molecule has 4 heteroatoms. The molecule has 0 aromatic heterocycles. The number of aliphatic hydroxyl groups is 1. The van der Waals surface area contributed by atoms with Crippen LogP contribution < -0.4 is 5.32 Å². The predicted molar refractivity (Wildman–Crippen MR) is 66.9 cm³/mol. The number of hydrogen-bond acceptors (Lipinski definition) is 3. The number of aliphatic hydroxyl groups excluding tert-OH is 1. The maximum Gasteiger partial charge on any atom is 0.225 e. The summed E-state index contributed by atoms with van der Waals surface area (Å²) in [7, 11) is 0. The van der Waals surface area contributed by atoms with E-state index in [4.69, 9.17) is 4.74 Å². The van der Waals surface area contributed by atoms with Crippen LogP contribution in [0.15, 0.2) is 0 Å². The first-order valence-corrected chi connectivity index (χ1v) is 7.28. The molecule has 2 aliphatic carbocycles. The fraction of sp³-hybridized carbons (Fsp3) is 0.929. The third-order valence-corrected chi connectivity index (χ3v) is 5.14. The first kappa shape index (κ1) is 12.4. The van der Waals surface area contributed by atoms with Gasteiger partial charge in [0.05, 0.1) is 12.5 Å². The first-order valence-electron chi connectivity index (χ1n) is 7.28. The minimum atomic E-state index is 0.0252. The van der Waals surface area contributed by atoms with Gasteiger partial charge in [0.1, 0.15) is 0 Å². The number of amides is 1. The minimum absolute atomic E-state index is 0.0252. The van der Waals surface area contributed by atoms with Crippen LogP contribution in [-0.4, -0.2) is 36.9 Å². The second-order valence-corrected chi connectivity index (χ2v) is 6.13. The average molecular weight is 253 g/mol. The highest BCUT2D eigenvalue weighted by atomic mass is 16.5. The number of rotatable bonds is 3. The van der Waals surface area contributed by atoms with E-state index in [-0.39, 0.29) is 30.4 Å². The predicted octanol–water partition coefficient (Wildman–Crippen LogP) is 0.936. The smallest absolute Gasteiger partial charge is 0.225 e. The standard InChI is InChI=1S/C14H23NO3/c16-7-12-9-3-4-10(6-9)13(12)15-14(17)11-2-1-5-18-8-11/h9-13,16H,1-8H2,(H,15,17). The van der Waals surface area contributed by atoms with Gasteiger partial charge in [-0.1, -0.05) is 0 Å². The van der Waals surface area contributed by atoms with E-state index in [9.17, 15) is 9.90 Å². The summed E-state index contributed by atoms with van der Waals surface area (Å²) in [5, 5.41) is 12.7. The maximum atomic E-state index is 12.2. The zero-order chi connectivity index (χ0) is 12.5. The Balaban J connectivity index is 1.59. The SMILES string of the molecule is O=C(NC1C2CCC(C2)C1CO)C1CCCOC1. The molecule has 102 valence electrons. The summed E-state index contributed by atoms with van der Waals surface area (Å²) in [5.74, 6) is 1.69. The largest absolute Gasteiger partial charge is 0.396 e. The van der Waals surface area contributed by atoms with Crippen molar-refractivity contribution in [2.75, 3.05) is 19.8 Å². The number of carbonyl (C=O) groups excluding carboxylic acids is 1. The Morgan fingerprint density at radius 3 is 2.83 bits per heavy atom. The van der Waals surface area contributed by atoms with Crippen LogP contribution in [0.25, 0.3) is 0 Å². The summed E-state index contributed by atoms with van der Waals surface area (Å²) in [4.78, 5) is 12.2. The van der Waals surface area contributed by atoms with Crippen molar-refractivity contribution in [3.63, 3.8) is 0 Å². The Morgan fingerprint density at radius 1 is 1.28 bits per heavy atom. The molecule has 2 N–H and O–H groups in total. The molecular weight excluding hydrogens is 230 g/mol. The van der Waals surface area contributed by atoms with Gasteiger partial charge in [-0.05, 0) is 43.9 Å². The molecule has 0 radical (unpaired) electrons. The molecule has 2 saturated carbocycles. The highest BCUT2D eigenvalue weighted by Gasteiger charge is 2.48. The molecule has 1 aliphatic heterocycles. The molecule has 0 aromatic rings. The summed E-state index contributed by atoms with van der Waals surface area (Å²) in [6, 6.07) is 0.211. The van der Waals surface area contributed by atoms with Gasteiger partial charge in [-0.2, -0.15) is 0 Å². The van der Waals surface area contributed by atoms with Gasteiger partial charge in [0, 0.05) is 25.2 Å². The van der Waals surface area contributed by atoms with Crippen molar-refractivity contribution >= 4 is 5.91 Å². The normalized spacial score (nSPS) is 43.1. The Labute approximate surface area is 108 Å². The lowest BCUT2D eigenvalue weighted by molar-refractivity contribution is -0.130. The number of ether oxygens (including phenoxy) is 1. The summed E-state index contributed by atoms with van der Waals surface area (Å²) < 4.78 is 5.37. The molecule has 1 amide bonds. The van der Waals surface area contributed by atoms with Gasteiger partial charge in [-0.25, -0.2) is 0 Å². The van der Waals surface area contributed by atoms with Crippen molar-refractivity contribution in [2.24, 2.45) is 23.7 Å². The maximum absolute atomic E-state index is 12.2. The van der Waals surface area contributed by atoms with E-state index >= 15 is 0 Å². The van der Waals surface area contributed by atoms with Gasteiger partial charge in [-0.15, -0.1) is 0 Å². The molecular formula is C14H23NO3. The third-order valence-electron chi connectivity index (χ3n) is 5.14. The monoisotopic (exact) mass is 253 g/mol. The van der Waals surface area contributed by atoms with E-state index < -0.39 is 0 Å². The van der Waals surface area contributed by atoms with Crippen molar-refractivity contribution in [3.05, 3.63) is 0 Å². The molecule has 5 atom stereocenters. The highest BCUT2D eigenvalue weighted by molar-refractivity contribution is 5.79. The fourth-order valence-electron chi connectivity index (χ4n) is 4.13. The zero-order valence-electron chi connectivity index (χ0n) is 10.8. The molecule has 1 heterocycles. The average Bonchev–Trinajstić information content (AvgIpc) is 3.00. The van der Waals surface area contributed by atoms with Crippen molar-refractivity contribution in [1.82, 2.24) is 5.32 Å². The summed E-state index contributed by atoms with van der Waals surface area (Å²) in [6.45, 7) is 1.57. The van der Waals surface area contributed by atoms with Crippen LogP contribution in [0.3, 0.4) is 0 Å². The third kappa shape index (κ3) is 2.16. The quantitative estimate of drug-likeness (QED) is 0.787. The first-order chi connectivity index (χ1) is 8.79. The van der Waals surface area contributed by atoms with Gasteiger partial charge in [0.2, 0.25) is 5.91 Å². The molecule has 1 saturated heterocycles. The molecule has 5 unspecified atom stereocenters. The second-order valence-electron chi connectivity index (χ2n) is 6.13. The second kappa shape index (κ2) is 5.17. The van der Waals surface area contributed by atoms with Gasteiger partial charge in [0.15, 0.2) is 0 Å². The number of fused-ring (bicyclic) bond motifs is 2. The van der Waals surface area contributed by atoms with E-state index in [0.29, 0.717) is 18.4 Å². The van der Waals surface area contributed by atoms with Crippen LogP contribution in [0.2, 0.25) is 0 Å². The molecule has 3 fully saturated rings. The van der Waals surface area contributed by atoms with Crippen LogP contribution in [0.4, 0.5) is 0 Å². The number of hydrogen-bond donors (Lipinski definition) is 2. The molecule has 0 aromatic carbocycles. The fourth-order valence-corrected chi connectivity index (χ4v) is 4.13. The Morgan fingerprint density at radius 2 is 2.11 bits per heavy atom. The van der Waals surface area contributed by atoms with Crippen LogP contribution in [-0.2, 0) is 9.53 Å². The van der Waals surface area contributed by atoms with E-state index in [1.54, 1.807) is 0 Å². The topological polar surface area (TPSA) is 58.6 Å². The Hall–Kier alpha value is -0.610. The van der Waals surface area contributed by atoms with Gasteiger partial charge >= 0.3 is 0 Å². The lowest BCUT2D eigenvalue weighted by Gasteiger charge is -2.32. The lowest BCUT2D eigenvalue weighted by atomic mass is 9.84. The van der Waals surface area contributed by atoms with Gasteiger partial charge < -0.3 is 15.2 Å². The number of nitrogens with one attached hydrogen (secondary N) is 1. The van der Waals surface area contributed by atoms with Crippen molar-refractivity contribution in [1.29, 1.82) is 0 Å². The molecule has 3 rings (SSSR count). The van der Waals surface area contributed by atoms with Crippen molar-refractivity contribution in [3.8, 4) is 0 Å². The molecule has 18 heavy (non-hydrogen) atoms. The van der Waals surface area contributed by atoms with E-state index in [2.05, 4.69) is 5.32 Å². The molecule has 2 bridgehead atoms. The van der Waals surface area contributed by atoms with Crippen molar-refractivity contribution < 1.29 is 14.6 Å². The minimum Gasteiger partial charge on any atom is -0.396 e. The van der Waals surface area contributed by atoms with Crippen LogP contribution >= 0.6 is 0 Å². The summed E-state index contributed by atoms with van der Waals surface area (Å²) in [5.41, 5.74) is 0. The Bertz CT molecular complexity index is 314. The van der Waals surface area contributed by atoms with E-state index in [1.165, 1.54) is 19.3 Å². The lowest BCUT2D eigenvalue weighted by Crippen LogP contribution is -2.48. The Kier molecular flexibility index (Phi) is 3.57. The van der Waals surface area contributed by atoms with Gasteiger partial charge in [0.25, 0.3) is 0 Å². The van der Waals surface area contributed by atoms with E-state index in [0.717, 1.165) is 19.4 Å². The van der Waals surface area contributed by atoms with Crippen LogP contribution in [0, 0.1) is 23.7 Å². The molecule has 0 spiro atoms. The van der Waals surface area contributed by atoms with Crippen LogP contribution in [0.5, 0.6) is 0 Å².